The second-order valence-electron chi connectivity index (χ2n) is 3.69. The number of halogens is 2. The maximum absolute atomic E-state index is 13.1. The van der Waals surface area contributed by atoms with Gasteiger partial charge in [-0.15, -0.1) is 0 Å². The van der Waals surface area contributed by atoms with E-state index in [2.05, 4.69) is 10.3 Å². The summed E-state index contributed by atoms with van der Waals surface area (Å²) in [6.07, 6.45) is 2.72. The van der Waals surface area contributed by atoms with E-state index in [1.807, 2.05) is 0 Å². The van der Waals surface area contributed by atoms with Gasteiger partial charge in [-0.3, -0.25) is 4.98 Å². The van der Waals surface area contributed by atoms with E-state index in [1.54, 1.807) is 18.5 Å². The first-order chi connectivity index (χ1) is 8.24. The Labute approximate surface area is 96.1 Å². The number of nitrogens with zero attached hydrogens (tertiary/aromatic N) is 1. The third-order valence-electron chi connectivity index (χ3n) is 2.56. The van der Waals surface area contributed by atoms with Crippen molar-refractivity contribution < 1.29 is 13.5 Å². The number of hydrogen-bond acceptors (Lipinski definition) is 3. The van der Waals surface area contributed by atoms with Gasteiger partial charge in [0.15, 0.2) is 17.9 Å². The van der Waals surface area contributed by atoms with E-state index in [4.69, 9.17) is 4.74 Å². The Kier molecular flexibility index (Phi) is 2.18. The van der Waals surface area contributed by atoms with Crippen LogP contribution in [-0.4, -0.2) is 4.98 Å². The molecule has 0 saturated heterocycles. The SMILES string of the molecule is Fc1ccc(C2Nc3cnccc3O2)cc1F. The van der Waals surface area contributed by atoms with Gasteiger partial charge in [0.2, 0.25) is 0 Å². The molecule has 0 amide bonds. The van der Waals surface area contributed by atoms with Gasteiger partial charge < -0.3 is 10.1 Å². The summed E-state index contributed by atoms with van der Waals surface area (Å²) in [6.45, 7) is 0. The molecule has 3 rings (SSSR count). The minimum absolute atomic E-state index is 0.510. The van der Waals surface area contributed by atoms with E-state index in [-0.39, 0.29) is 0 Å². The fourth-order valence-electron chi connectivity index (χ4n) is 1.72. The maximum atomic E-state index is 13.1. The van der Waals surface area contributed by atoms with E-state index in [1.165, 1.54) is 6.07 Å². The summed E-state index contributed by atoms with van der Waals surface area (Å²) in [5.41, 5.74) is 1.27. The molecule has 1 atom stereocenters. The fraction of sp³-hybridized carbons (Fsp3) is 0.0833. The van der Waals surface area contributed by atoms with Crippen LogP contribution < -0.4 is 10.1 Å². The van der Waals surface area contributed by atoms with Gasteiger partial charge in [-0.2, -0.15) is 0 Å². The standard InChI is InChI=1S/C12H8F2N2O/c13-8-2-1-7(5-9(8)14)12-16-10-6-15-4-3-11(10)17-12/h1-6,12,16H. The average Bonchev–Trinajstić information content (AvgIpc) is 2.76. The Morgan fingerprint density at radius 1 is 1.18 bits per heavy atom. The quantitative estimate of drug-likeness (QED) is 0.823. The van der Waals surface area contributed by atoms with Crippen molar-refractivity contribution >= 4 is 5.69 Å². The number of ether oxygens (including phenoxy) is 1. The van der Waals surface area contributed by atoms with E-state index in [0.717, 1.165) is 17.8 Å². The number of hydrogen-bond donors (Lipinski definition) is 1. The summed E-state index contributed by atoms with van der Waals surface area (Å²) in [5.74, 6) is -1.11. The Morgan fingerprint density at radius 2 is 2.06 bits per heavy atom. The van der Waals surface area contributed by atoms with Crippen LogP contribution in [0.3, 0.4) is 0 Å². The molecule has 0 saturated carbocycles. The first-order valence-electron chi connectivity index (χ1n) is 5.06. The molecule has 1 aliphatic heterocycles. The molecule has 0 bridgehead atoms. The van der Waals surface area contributed by atoms with Crippen LogP contribution >= 0.6 is 0 Å². The Morgan fingerprint density at radius 3 is 2.82 bits per heavy atom. The van der Waals surface area contributed by atoms with Gasteiger partial charge in [-0.25, -0.2) is 8.78 Å². The highest BCUT2D eigenvalue weighted by molar-refractivity contribution is 5.59. The molecule has 2 aromatic rings. The van der Waals surface area contributed by atoms with Crippen molar-refractivity contribution in [2.75, 3.05) is 5.32 Å². The minimum Gasteiger partial charge on any atom is -0.464 e. The lowest BCUT2D eigenvalue weighted by Gasteiger charge is -2.11. The first kappa shape index (κ1) is 10.0. The summed E-state index contributed by atoms with van der Waals surface area (Å²) in [4.78, 5) is 3.94. The molecule has 0 fully saturated rings. The van der Waals surface area contributed by atoms with Crippen molar-refractivity contribution in [1.82, 2.24) is 4.98 Å². The molecular weight excluding hydrogens is 226 g/mol. The third-order valence-corrected chi connectivity index (χ3v) is 2.56. The molecule has 1 unspecified atom stereocenters. The van der Waals surface area contributed by atoms with Crippen LogP contribution in [0, 0.1) is 11.6 Å². The molecule has 0 radical (unpaired) electrons. The zero-order valence-electron chi connectivity index (χ0n) is 8.65. The lowest BCUT2D eigenvalue weighted by atomic mass is 10.2. The molecule has 0 aliphatic carbocycles. The van der Waals surface area contributed by atoms with Crippen LogP contribution in [0.4, 0.5) is 14.5 Å². The molecular formula is C12H8F2N2O. The predicted molar refractivity (Wildman–Crippen MR) is 57.6 cm³/mol. The second kappa shape index (κ2) is 3.69. The topological polar surface area (TPSA) is 34.2 Å². The molecule has 1 aromatic heterocycles. The van der Waals surface area contributed by atoms with Crippen molar-refractivity contribution in [2.45, 2.75) is 6.23 Å². The van der Waals surface area contributed by atoms with E-state index in [9.17, 15) is 8.78 Å². The predicted octanol–water partition coefficient (Wildman–Crippen LogP) is 2.86. The zero-order valence-corrected chi connectivity index (χ0v) is 8.65. The van der Waals surface area contributed by atoms with Gasteiger partial charge in [0.1, 0.15) is 5.75 Å². The fourth-order valence-corrected chi connectivity index (χ4v) is 1.72. The van der Waals surface area contributed by atoms with Gasteiger partial charge in [-0.1, -0.05) is 6.07 Å². The number of anilines is 1. The average molecular weight is 234 g/mol. The number of rotatable bonds is 1. The maximum Gasteiger partial charge on any atom is 0.196 e. The molecule has 2 heterocycles. The minimum atomic E-state index is -0.887. The van der Waals surface area contributed by atoms with Crippen LogP contribution in [0.15, 0.2) is 36.7 Å². The number of pyridine rings is 1. The van der Waals surface area contributed by atoms with Gasteiger partial charge in [-0.05, 0) is 12.1 Å². The van der Waals surface area contributed by atoms with Crippen molar-refractivity contribution in [1.29, 1.82) is 0 Å². The summed E-state index contributed by atoms with van der Waals surface area (Å²) in [6, 6.07) is 5.39. The van der Waals surface area contributed by atoms with Crippen LogP contribution in [0.2, 0.25) is 0 Å². The number of benzene rings is 1. The molecule has 17 heavy (non-hydrogen) atoms. The van der Waals surface area contributed by atoms with Crippen LogP contribution in [-0.2, 0) is 0 Å². The monoisotopic (exact) mass is 234 g/mol. The molecule has 5 heteroatoms. The highest BCUT2D eigenvalue weighted by atomic mass is 19.2. The zero-order chi connectivity index (χ0) is 11.8. The largest absolute Gasteiger partial charge is 0.464 e. The number of aromatic nitrogens is 1. The molecule has 86 valence electrons. The Hall–Kier alpha value is -2.17. The van der Waals surface area contributed by atoms with Crippen LogP contribution in [0.5, 0.6) is 5.75 Å². The van der Waals surface area contributed by atoms with Crippen LogP contribution in [0.25, 0.3) is 0 Å². The lowest BCUT2D eigenvalue weighted by Crippen LogP contribution is -2.10. The molecule has 3 nitrogen and oxygen atoms in total. The molecule has 0 spiro atoms. The molecule has 1 N–H and O–H groups in total. The van der Waals surface area contributed by atoms with Crippen molar-refractivity contribution in [3.63, 3.8) is 0 Å². The Balaban J connectivity index is 1.91. The van der Waals surface area contributed by atoms with Gasteiger partial charge in [0.25, 0.3) is 0 Å². The van der Waals surface area contributed by atoms with Crippen molar-refractivity contribution in [2.24, 2.45) is 0 Å². The summed E-state index contributed by atoms with van der Waals surface area (Å²) in [5, 5.41) is 3.02. The smallest absolute Gasteiger partial charge is 0.196 e. The van der Waals surface area contributed by atoms with Gasteiger partial charge >= 0.3 is 0 Å². The van der Waals surface area contributed by atoms with Gasteiger partial charge in [0, 0.05) is 17.8 Å². The lowest BCUT2D eigenvalue weighted by molar-refractivity contribution is 0.259. The third kappa shape index (κ3) is 1.69. The van der Waals surface area contributed by atoms with E-state index in [0.29, 0.717) is 11.3 Å². The number of fused-ring (bicyclic) bond motifs is 1. The Bertz CT molecular complexity index is 549. The first-order valence-corrected chi connectivity index (χ1v) is 5.06. The summed E-state index contributed by atoms with van der Waals surface area (Å²) in [7, 11) is 0. The van der Waals surface area contributed by atoms with Gasteiger partial charge in [0.05, 0.1) is 11.9 Å². The normalized spacial score (nSPS) is 17.2. The summed E-state index contributed by atoms with van der Waals surface area (Å²) < 4.78 is 31.4. The number of nitrogens with one attached hydrogen (secondary N) is 1. The molecule has 1 aliphatic rings. The van der Waals surface area contributed by atoms with Crippen molar-refractivity contribution in [3.05, 3.63) is 53.9 Å². The second-order valence-corrected chi connectivity index (χ2v) is 3.69. The highest BCUT2D eigenvalue weighted by Gasteiger charge is 2.23. The molecule has 1 aromatic carbocycles. The summed E-state index contributed by atoms with van der Waals surface area (Å²) >= 11 is 0. The van der Waals surface area contributed by atoms with Crippen LogP contribution in [0.1, 0.15) is 11.8 Å². The highest BCUT2D eigenvalue weighted by Crippen LogP contribution is 2.36. The van der Waals surface area contributed by atoms with E-state index >= 15 is 0 Å². The van der Waals surface area contributed by atoms with E-state index < -0.39 is 17.9 Å². The van der Waals surface area contributed by atoms with Crippen molar-refractivity contribution in [3.8, 4) is 5.75 Å².